The number of nitrogens with one attached hydrogen (secondary N) is 2. The maximum atomic E-state index is 13.4. The first-order valence-electron chi connectivity index (χ1n) is 10.5. The van der Waals surface area contributed by atoms with Gasteiger partial charge >= 0.3 is 0 Å². The lowest BCUT2D eigenvalue weighted by molar-refractivity contribution is -0.121. The van der Waals surface area contributed by atoms with Gasteiger partial charge in [-0.05, 0) is 43.0 Å². The summed E-state index contributed by atoms with van der Waals surface area (Å²) in [6.07, 6.45) is 1.84. The van der Waals surface area contributed by atoms with Gasteiger partial charge in [-0.2, -0.15) is 0 Å². The Kier molecular flexibility index (Phi) is 6.11. The Morgan fingerprint density at radius 1 is 1.00 bits per heavy atom. The second kappa shape index (κ2) is 8.80. The highest BCUT2D eigenvalue weighted by Gasteiger charge is 2.33. The predicted molar refractivity (Wildman–Crippen MR) is 121 cm³/mol. The van der Waals surface area contributed by atoms with Gasteiger partial charge < -0.3 is 10.6 Å². The van der Waals surface area contributed by atoms with Gasteiger partial charge in [0.25, 0.3) is 0 Å². The lowest BCUT2D eigenvalue weighted by Crippen LogP contribution is -2.46. The van der Waals surface area contributed by atoms with Crippen LogP contribution in [0.25, 0.3) is 0 Å². The Morgan fingerprint density at radius 2 is 1.68 bits per heavy atom. The molecule has 0 bridgehead atoms. The minimum atomic E-state index is -3.06. The lowest BCUT2D eigenvalue weighted by Gasteiger charge is -2.33. The molecular formula is C23H27N3O4S. The summed E-state index contributed by atoms with van der Waals surface area (Å²) in [5.74, 6) is -0.0225. The second-order valence-electron chi connectivity index (χ2n) is 8.28. The number of amides is 2. The van der Waals surface area contributed by atoms with Crippen LogP contribution in [0, 0.1) is 12.8 Å². The van der Waals surface area contributed by atoms with Crippen molar-refractivity contribution in [2.45, 2.75) is 25.8 Å². The fraction of sp³-hybridized carbons (Fsp3) is 0.391. The lowest BCUT2D eigenvalue weighted by atomic mass is 10.0. The van der Waals surface area contributed by atoms with E-state index in [9.17, 15) is 18.0 Å². The number of hydrogen-bond donors (Lipinski definition) is 2. The van der Waals surface area contributed by atoms with Crippen LogP contribution in [-0.4, -0.2) is 49.7 Å². The van der Waals surface area contributed by atoms with Crippen molar-refractivity contribution in [1.29, 1.82) is 0 Å². The van der Waals surface area contributed by atoms with Crippen LogP contribution in [0.2, 0.25) is 0 Å². The van der Waals surface area contributed by atoms with Gasteiger partial charge in [0.15, 0.2) is 9.84 Å². The van der Waals surface area contributed by atoms with Crippen LogP contribution in [-0.2, 0) is 19.4 Å². The van der Waals surface area contributed by atoms with Crippen LogP contribution in [0.15, 0.2) is 48.5 Å². The number of benzene rings is 2. The highest BCUT2D eigenvalue weighted by atomic mass is 32.2. The zero-order valence-electron chi connectivity index (χ0n) is 17.5. The van der Waals surface area contributed by atoms with Crippen molar-refractivity contribution in [3.8, 4) is 0 Å². The molecular weight excluding hydrogens is 414 g/mol. The van der Waals surface area contributed by atoms with E-state index >= 15 is 0 Å². The molecule has 2 aromatic rings. The fourth-order valence-electron chi connectivity index (χ4n) is 3.77. The Labute approximate surface area is 182 Å². The van der Waals surface area contributed by atoms with Crippen molar-refractivity contribution < 1.29 is 18.0 Å². The molecule has 2 aromatic carbocycles. The first-order valence-corrected chi connectivity index (χ1v) is 12.4. The number of rotatable bonds is 6. The molecule has 1 aliphatic heterocycles. The molecule has 2 aliphatic rings. The number of carbonyl (C=O) groups is 2. The highest BCUT2D eigenvalue weighted by Crippen LogP contribution is 2.31. The minimum Gasteiger partial charge on any atom is -0.326 e. The summed E-state index contributed by atoms with van der Waals surface area (Å²) < 4.78 is 23.8. The molecule has 164 valence electrons. The molecule has 4 rings (SSSR count). The summed E-state index contributed by atoms with van der Waals surface area (Å²) in [6, 6.07) is 14.3. The first kappa shape index (κ1) is 21.5. The Balaban J connectivity index is 1.55. The largest absolute Gasteiger partial charge is 0.326 e. The van der Waals surface area contributed by atoms with Crippen LogP contribution in [0.3, 0.4) is 0 Å². The molecule has 2 fully saturated rings. The van der Waals surface area contributed by atoms with Crippen molar-refractivity contribution in [2.24, 2.45) is 5.92 Å². The maximum Gasteiger partial charge on any atom is 0.246 e. The fourth-order valence-corrected chi connectivity index (χ4v) is 5.00. The highest BCUT2D eigenvalue weighted by molar-refractivity contribution is 7.91. The standard InChI is InChI=1S/C23H27N3O4S/c1-16-7-10-19(24-22(27)18-8-9-18)15-20(16)25-23(28)21(17-5-3-2-4-6-17)26-11-13-31(29,30)14-12-26/h2-7,10,15,18,21H,8-9,11-14H2,1H3,(H,24,27)(H,25,28). The first-order chi connectivity index (χ1) is 14.8. The molecule has 0 spiro atoms. The minimum absolute atomic E-state index is 0.0119. The molecule has 0 aromatic heterocycles. The van der Waals surface area contributed by atoms with Crippen LogP contribution >= 0.6 is 0 Å². The zero-order chi connectivity index (χ0) is 22.0. The van der Waals surface area contributed by atoms with Gasteiger partial charge in [0, 0.05) is 30.4 Å². The number of sulfone groups is 1. The van der Waals surface area contributed by atoms with Crippen LogP contribution < -0.4 is 10.6 Å². The van der Waals surface area contributed by atoms with Crippen molar-refractivity contribution in [3.05, 3.63) is 59.7 Å². The average Bonchev–Trinajstić information content (AvgIpc) is 3.58. The summed E-state index contributed by atoms with van der Waals surface area (Å²) in [7, 11) is -3.06. The molecule has 1 saturated carbocycles. The van der Waals surface area contributed by atoms with Crippen molar-refractivity contribution in [1.82, 2.24) is 4.90 Å². The van der Waals surface area contributed by atoms with Crippen LogP contribution in [0.4, 0.5) is 11.4 Å². The van der Waals surface area contributed by atoms with Crippen LogP contribution in [0.1, 0.15) is 30.0 Å². The molecule has 0 radical (unpaired) electrons. The number of aryl methyl sites for hydroxylation is 1. The molecule has 1 saturated heterocycles. The van der Waals surface area contributed by atoms with Crippen molar-refractivity contribution in [3.63, 3.8) is 0 Å². The van der Waals surface area contributed by atoms with Crippen molar-refractivity contribution in [2.75, 3.05) is 35.2 Å². The van der Waals surface area contributed by atoms with E-state index in [1.807, 2.05) is 54.3 Å². The van der Waals surface area contributed by atoms with Gasteiger partial charge in [0.05, 0.1) is 11.5 Å². The zero-order valence-corrected chi connectivity index (χ0v) is 18.3. The number of hydrogen-bond acceptors (Lipinski definition) is 5. The van der Waals surface area contributed by atoms with Gasteiger partial charge in [-0.1, -0.05) is 36.4 Å². The molecule has 7 nitrogen and oxygen atoms in total. The normalized spacial score (nSPS) is 19.4. The van der Waals surface area contributed by atoms with Gasteiger partial charge in [0.1, 0.15) is 6.04 Å². The van der Waals surface area contributed by atoms with Gasteiger partial charge in [-0.15, -0.1) is 0 Å². The third-order valence-corrected chi connectivity index (χ3v) is 7.43. The van der Waals surface area contributed by atoms with Crippen molar-refractivity contribution >= 4 is 33.0 Å². The third-order valence-electron chi connectivity index (χ3n) is 5.82. The molecule has 1 aliphatic carbocycles. The van der Waals surface area contributed by atoms with E-state index in [1.165, 1.54) is 0 Å². The van der Waals surface area contributed by atoms with E-state index in [-0.39, 0.29) is 29.2 Å². The number of carbonyl (C=O) groups excluding carboxylic acids is 2. The van der Waals surface area contributed by atoms with E-state index in [4.69, 9.17) is 0 Å². The molecule has 2 N–H and O–H groups in total. The van der Waals surface area contributed by atoms with E-state index in [0.717, 1.165) is 24.0 Å². The van der Waals surface area contributed by atoms with E-state index in [0.29, 0.717) is 24.5 Å². The summed E-state index contributed by atoms with van der Waals surface area (Å²) in [4.78, 5) is 27.4. The van der Waals surface area contributed by atoms with E-state index in [2.05, 4.69) is 10.6 Å². The second-order valence-corrected chi connectivity index (χ2v) is 10.6. The predicted octanol–water partition coefficient (Wildman–Crippen LogP) is 2.75. The smallest absolute Gasteiger partial charge is 0.246 e. The van der Waals surface area contributed by atoms with Gasteiger partial charge in [-0.25, -0.2) is 8.42 Å². The SMILES string of the molecule is Cc1ccc(NC(=O)C2CC2)cc1NC(=O)C(c1ccccc1)N1CCS(=O)(=O)CC1. The van der Waals surface area contributed by atoms with E-state index < -0.39 is 15.9 Å². The Bertz CT molecular complexity index is 1070. The number of anilines is 2. The Hall–Kier alpha value is -2.71. The topological polar surface area (TPSA) is 95.6 Å². The Morgan fingerprint density at radius 3 is 2.32 bits per heavy atom. The quantitative estimate of drug-likeness (QED) is 0.719. The summed E-state index contributed by atoms with van der Waals surface area (Å²) >= 11 is 0. The summed E-state index contributed by atoms with van der Waals surface area (Å²) in [5.41, 5.74) is 2.98. The molecule has 31 heavy (non-hydrogen) atoms. The maximum absolute atomic E-state index is 13.4. The average molecular weight is 442 g/mol. The number of nitrogens with zero attached hydrogens (tertiary/aromatic N) is 1. The molecule has 2 amide bonds. The van der Waals surface area contributed by atoms with Crippen LogP contribution in [0.5, 0.6) is 0 Å². The monoisotopic (exact) mass is 441 g/mol. The summed E-state index contributed by atoms with van der Waals surface area (Å²) in [5, 5.41) is 5.91. The third kappa shape index (κ3) is 5.32. The molecule has 1 atom stereocenters. The molecule has 1 heterocycles. The molecule has 1 unspecified atom stereocenters. The van der Waals surface area contributed by atoms with E-state index in [1.54, 1.807) is 6.07 Å². The summed E-state index contributed by atoms with van der Waals surface area (Å²) in [6.45, 7) is 2.52. The van der Waals surface area contributed by atoms with Gasteiger partial charge in [0.2, 0.25) is 11.8 Å². The van der Waals surface area contributed by atoms with Gasteiger partial charge in [-0.3, -0.25) is 14.5 Å². The molecule has 8 heteroatoms.